The van der Waals surface area contributed by atoms with E-state index < -0.39 is 0 Å². The summed E-state index contributed by atoms with van der Waals surface area (Å²) in [6.45, 7) is 3.15. The minimum absolute atomic E-state index is 0.211. The molecule has 1 aliphatic heterocycles. The molecule has 2 N–H and O–H groups in total. The number of amides is 1. The first-order valence-corrected chi connectivity index (χ1v) is 5.77. The van der Waals surface area contributed by atoms with Crippen LogP contribution in [0.3, 0.4) is 0 Å². The zero-order valence-corrected chi connectivity index (χ0v) is 8.88. The maximum absolute atomic E-state index is 11.0. The van der Waals surface area contributed by atoms with Crippen LogP contribution in [0, 0.1) is 5.92 Å². The van der Waals surface area contributed by atoms with E-state index in [-0.39, 0.29) is 5.91 Å². The molecule has 1 heterocycles. The van der Waals surface area contributed by atoms with Crippen LogP contribution >= 0.6 is 0 Å². The average molecular weight is 196 g/mol. The Hall–Kier alpha value is -0.570. The molecule has 0 aromatic carbocycles. The van der Waals surface area contributed by atoms with Crippen LogP contribution in [0.4, 0.5) is 0 Å². The van der Waals surface area contributed by atoms with E-state index in [1.165, 1.54) is 19.3 Å². The molecule has 14 heavy (non-hydrogen) atoms. The lowest BCUT2D eigenvalue weighted by molar-refractivity contribution is -0.122. The molecular formula is C11H20N2O. The van der Waals surface area contributed by atoms with Gasteiger partial charge in [-0.15, -0.1) is 0 Å². The van der Waals surface area contributed by atoms with Gasteiger partial charge in [0.05, 0.1) is 0 Å². The first kappa shape index (κ1) is 9.97. The largest absolute Gasteiger partial charge is 0.355 e. The fraction of sp³-hybridized carbons (Fsp3) is 0.909. The summed E-state index contributed by atoms with van der Waals surface area (Å²) in [7, 11) is 0. The second kappa shape index (κ2) is 4.30. The third-order valence-electron chi connectivity index (χ3n) is 3.43. The van der Waals surface area contributed by atoms with Crippen molar-refractivity contribution < 1.29 is 4.79 Å². The van der Waals surface area contributed by atoms with E-state index in [4.69, 9.17) is 0 Å². The van der Waals surface area contributed by atoms with E-state index in [2.05, 4.69) is 17.6 Å². The molecule has 3 heteroatoms. The van der Waals surface area contributed by atoms with Crippen LogP contribution in [-0.4, -0.2) is 24.5 Å². The van der Waals surface area contributed by atoms with Crippen LogP contribution in [0.2, 0.25) is 0 Å². The number of nitrogens with one attached hydrogen (secondary N) is 2. The Kier molecular flexibility index (Phi) is 3.06. The topological polar surface area (TPSA) is 41.1 Å². The predicted octanol–water partition coefficient (Wildman–Crippen LogP) is 1.04. The van der Waals surface area contributed by atoms with Gasteiger partial charge in [-0.1, -0.05) is 6.92 Å². The standard InChI is InChI=1S/C11H20N2O/c1-8-2-3-9(6-8)13-10-4-5-11(14)12-7-10/h8-10,13H,2-7H2,1H3,(H,12,14). The summed E-state index contributed by atoms with van der Waals surface area (Å²) in [5, 5.41) is 6.57. The summed E-state index contributed by atoms with van der Waals surface area (Å²) in [6.07, 6.45) is 5.68. The van der Waals surface area contributed by atoms with Gasteiger partial charge in [-0.3, -0.25) is 4.79 Å². The SMILES string of the molecule is CC1CCC(NC2CCC(=O)NC2)C1. The minimum Gasteiger partial charge on any atom is -0.355 e. The molecule has 1 saturated carbocycles. The second-order valence-electron chi connectivity index (χ2n) is 4.82. The Bertz CT molecular complexity index is 207. The molecule has 2 rings (SSSR count). The van der Waals surface area contributed by atoms with Crippen LogP contribution in [-0.2, 0) is 4.79 Å². The van der Waals surface area contributed by atoms with Gasteiger partial charge in [0, 0.05) is 25.0 Å². The summed E-state index contributed by atoms with van der Waals surface area (Å²) in [5.41, 5.74) is 0. The normalized spacial score (nSPS) is 38.4. The first-order valence-electron chi connectivity index (χ1n) is 5.77. The number of carbonyl (C=O) groups excluding carboxylic acids is 1. The molecule has 0 bridgehead atoms. The zero-order chi connectivity index (χ0) is 9.97. The number of carbonyl (C=O) groups is 1. The van der Waals surface area contributed by atoms with Crippen LogP contribution in [0.5, 0.6) is 0 Å². The quantitative estimate of drug-likeness (QED) is 0.693. The Morgan fingerprint density at radius 2 is 2.14 bits per heavy atom. The Morgan fingerprint density at radius 1 is 1.29 bits per heavy atom. The monoisotopic (exact) mass is 196 g/mol. The molecule has 3 unspecified atom stereocenters. The molecule has 1 saturated heterocycles. The zero-order valence-electron chi connectivity index (χ0n) is 8.88. The molecule has 80 valence electrons. The Labute approximate surface area is 85.6 Å². The lowest BCUT2D eigenvalue weighted by Gasteiger charge is -2.26. The summed E-state index contributed by atoms with van der Waals surface area (Å²) in [4.78, 5) is 11.0. The van der Waals surface area contributed by atoms with Crippen LogP contribution in [0.25, 0.3) is 0 Å². The van der Waals surface area contributed by atoms with Crippen LogP contribution in [0.1, 0.15) is 39.0 Å². The number of hydrogen-bond acceptors (Lipinski definition) is 2. The molecule has 3 atom stereocenters. The predicted molar refractivity (Wildman–Crippen MR) is 56.0 cm³/mol. The van der Waals surface area contributed by atoms with E-state index in [0.717, 1.165) is 18.9 Å². The van der Waals surface area contributed by atoms with Crippen LogP contribution < -0.4 is 10.6 Å². The lowest BCUT2D eigenvalue weighted by Crippen LogP contribution is -2.48. The average Bonchev–Trinajstić information content (AvgIpc) is 2.56. The maximum atomic E-state index is 11.0. The molecule has 0 spiro atoms. The molecule has 0 aromatic rings. The van der Waals surface area contributed by atoms with Crippen LogP contribution in [0.15, 0.2) is 0 Å². The third kappa shape index (κ3) is 2.47. The van der Waals surface area contributed by atoms with E-state index in [0.29, 0.717) is 18.5 Å². The van der Waals surface area contributed by atoms with E-state index >= 15 is 0 Å². The molecule has 3 nitrogen and oxygen atoms in total. The third-order valence-corrected chi connectivity index (χ3v) is 3.43. The first-order chi connectivity index (χ1) is 6.74. The summed E-state index contributed by atoms with van der Waals surface area (Å²) in [6, 6.07) is 1.22. The van der Waals surface area contributed by atoms with Crippen molar-refractivity contribution in [1.82, 2.24) is 10.6 Å². The van der Waals surface area contributed by atoms with Crippen molar-refractivity contribution in [2.75, 3.05) is 6.54 Å². The van der Waals surface area contributed by atoms with Gasteiger partial charge in [0.1, 0.15) is 0 Å². The van der Waals surface area contributed by atoms with Gasteiger partial charge in [0.15, 0.2) is 0 Å². The van der Waals surface area contributed by atoms with Crippen molar-refractivity contribution in [2.45, 2.75) is 51.1 Å². The van der Waals surface area contributed by atoms with E-state index in [9.17, 15) is 4.79 Å². The van der Waals surface area contributed by atoms with Crippen molar-refractivity contribution in [3.63, 3.8) is 0 Å². The fourth-order valence-electron chi connectivity index (χ4n) is 2.57. The molecule has 1 aliphatic carbocycles. The number of piperidine rings is 1. The Morgan fingerprint density at radius 3 is 2.71 bits per heavy atom. The molecule has 0 aromatic heterocycles. The van der Waals surface area contributed by atoms with Gasteiger partial charge < -0.3 is 10.6 Å². The molecule has 2 fully saturated rings. The van der Waals surface area contributed by atoms with Crippen molar-refractivity contribution in [3.8, 4) is 0 Å². The summed E-state index contributed by atoms with van der Waals surface area (Å²) >= 11 is 0. The van der Waals surface area contributed by atoms with Gasteiger partial charge in [0.25, 0.3) is 0 Å². The van der Waals surface area contributed by atoms with Gasteiger partial charge in [0.2, 0.25) is 5.91 Å². The smallest absolute Gasteiger partial charge is 0.220 e. The Balaban J connectivity index is 1.72. The van der Waals surface area contributed by atoms with E-state index in [1.54, 1.807) is 0 Å². The van der Waals surface area contributed by atoms with E-state index in [1.807, 2.05) is 0 Å². The van der Waals surface area contributed by atoms with Crippen molar-refractivity contribution in [2.24, 2.45) is 5.92 Å². The number of rotatable bonds is 2. The highest BCUT2D eigenvalue weighted by molar-refractivity contribution is 5.76. The lowest BCUT2D eigenvalue weighted by atomic mass is 10.1. The van der Waals surface area contributed by atoms with Gasteiger partial charge in [-0.05, 0) is 31.6 Å². The fourth-order valence-corrected chi connectivity index (χ4v) is 2.57. The highest BCUT2D eigenvalue weighted by Crippen LogP contribution is 2.25. The summed E-state index contributed by atoms with van der Waals surface area (Å²) in [5.74, 6) is 1.09. The molecule has 1 amide bonds. The highest BCUT2D eigenvalue weighted by Gasteiger charge is 2.25. The van der Waals surface area contributed by atoms with Crippen molar-refractivity contribution in [1.29, 1.82) is 0 Å². The highest BCUT2D eigenvalue weighted by atomic mass is 16.1. The maximum Gasteiger partial charge on any atom is 0.220 e. The van der Waals surface area contributed by atoms with Crippen molar-refractivity contribution in [3.05, 3.63) is 0 Å². The second-order valence-corrected chi connectivity index (χ2v) is 4.82. The molecule has 2 aliphatic rings. The number of hydrogen-bond donors (Lipinski definition) is 2. The molecule has 0 radical (unpaired) electrons. The van der Waals surface area contributed by atoms with Gasteiger partial charge in [-0.2, -0.15) is 0 Å². The summed E-state index contributed by atoms with van der Waals surface area (Å²) < 4.78 is 0. The van der Waals surface area contributed by atoms with Crippen molar-refractivity contribution >= 4 is 5.91 Å². The molecular weight excluding hydrogens is 176 g/mol. The van der Waals surface area contributed by atoms with Gasteiger partial charge in [-0.25, -0.2) is 0 Å². The van der Waals surface area contributed by atoms with Gasteiger partial charge >= 0.3 is 0 Å². The minimum atomic E-state index is 0.211.